The Morgan fingerprint density at radius 3 is 2.60 bits per heavy atom. The van der Waals surface area contributed by atoms with E-state index in [9.17, 15) is 4.79 Å². The van der Waals surface area contributed by atoms with E-state index in [1.807, 2.05) is 0 Å². The van der Waals surface area contributed by atoms with Crippen LogP contribution in [0.3, 0.4) is 0 Å². The van der Waals surface area contributed by atoms with Crippen LogP contribution in [0.2, 0.25) is 0 Å². The zero-order chi connectivity index (χ0) is 11.4. The third-order valence-corrected chi connectivity index (χ3v) is 2.41. The van der Waals surface area contributed by atoms with Crippen LogP contribution >= 0.6 is 0 Å². The van der Waals surface area contributed by atoms with Crippen LogP contribution in [0.1, 0.15) is 51.7 Å². The van der Waals surface area contributed by atoms with E-state index in [4.69, 9.17) is 4.52 Å². The molecule has 4 nitrogen and oxygen atoms in total. The van der Waals surface area contributed by atoms with Gasteiger partial charge in [-0.25, -0.2) is 0 Å². The molecule has 0 radical (unpaired) electrons. The lowest BCUT2D eigenvalue weighted by Crippen LogP contribution is -2.04. The molecule has 0 saturated carbocycles. The van der Waals surface area contributed by atoms with E-state index in [0.29, 0.717) is 17.6 Å². The second kappa shape index (κ2) is 5.05. The van der Waals surface area contributed by atoms with Gasteiger partial charge in [0.1, 0.15) is 5.78 Å². The molecule has 4 heteroatoms. The Hall–Kier alpha value is -1.19. The van der Waals surface area contributed by atoms with Gasteiger partial charge in [0.2, 0.25) is 5.89 Å². The predicted octanol–water partition coefficient (Wildman–Crippen LogP) is 2.35. The standard InChI is InChI=1S/C11H18N2O2/c1-7(2)5-6-10-12-11(15-13-10)8(3)9(4)14/h7-8H,5-6H2,1-4H3. The van der Waals surface area contributed by atoms with Crippen molar-refractivity contribution in [2.45, 2.75) is 46.5 Å². The highest BCUT2D eigenvalue weighted by Crippen LogP contribution is 2.14. The molecule has 1 heterocycles. The minimum Gasteiger partial charge on any atom is -0.339 e. The molecule has 84 valence electrons. The largest absolute Gasteiger partial charge is 0.339 e. The number of rotatable bonds is 5. The van der Waals surface area contributed by atoms with E-state index in [1.54, 1.807) is 6.92 Å². The van der Waals surface area contributed by atoms with Crippen LogP contribution in [0.5, 0.6) is 0 Å². The van der Waals surface area contributed by atoms with Gasteiger partial charge in [-0.15, -0.1) is 0 Å². The van der Waals surface area contributed by atoms with Gasteiger partial charge in [-0.1, -0.05) is 19.0 Å². The molecule has 0 aliphatic heterocycles. The molecule has 1 unspecified atom stereocenters. The van der Waals surface area contributed by atoms with Crippen LogP contribution in [0.25, 0.3) is 0 Å². The van der Waals surface area contributed by atoms with Crippen LogP contribution in [0.15, 0.2) is 4.52 Å². The van der Waals surface area contributed by atoms with E-state index in [2.05, 4.69) is 24.0 Å². The van der Waals surface area contributed by atoms with Gasteiger partial charge in [0.05, 0.1) is 5.92 Å². The molecule has 0 bridgehead atoms. The number of ketones is 1. The number of hydrogen-bond acceptors (Lipinski definition) is 4. The normalized spacial score (nSPS) is 13.1. The summed E-state index contributed by atoms with van der Waals surface area (Å²) in [5.74, 6) is 1.52. The summed E-state index contributed by atoms with van der Waals surface area (Å²) in [4.78, 5) is 15.3. The van der Waals surface area contributed by atoms with Gasteiger partial charge in [-0.2, -0.15) is 4.98 Å². The average Bonchev–Trinajstić information content (AvgIpc) is 2.61. The van der Waals surface area contributed by atoms with Gasteiger partial charge in [-0.05, 0) is 26.2 Å². The van der Waals surface area contributed by atoms with Crippen molar-refractivity contribution in [3.63, 3.8) is 0 Å². The zero-order valence-corrected chi connectivity index (χ0v) is 9.78. The predicted molar refractivity (Wildman–Crippen MR) is 56.6 cm³/mol. The summed E-state index contributed by atoms with van der Waals surface area (Å²) >= 11 is 0. The quantitative estimate of drug-likeness (QED) is 0.748. The number of aryl methyl sites for hydroxylation is 1. The fourth-order valence-corrected chi connectivity index (χ4v) is 1.14. The van der Waals surface area contributed by atoms with Gasteiger partial charge in [-0.3, -0.25) is 4.79 Å². The molecule has 0 spiro atoms. The van der Waals surface area contributed by atoms with Crippen LogP contribution in [-0.2, 0) is 11.2 Å². The van der Waals surface area contributed by atoms with Crippen molar-refractivity contribution in [1.29, 1.82) is 0 Å². The highest BCUT2D eigenvalue weighted by atomic mass is 16.5. The molecule has 1 aromatic heterocycles. The van der Waals surface area contributed by atoms with Crippen LogP contribution in [0.4, 0.5) is 0 Å². The Balaban J connectivity index is 2.60. The minimum absolute atomic E-state index is 0.0501. The van der Waals surface area contributed by atoms with E-state index in [0.717, 1.165) is 12.8 Å². The topological polar surface area (TPSA) is 56.0 Å². The Morgan fingerprint density at radius 2 is 2.07 bits per heavy atom. The summed E-state index contributed by atoms with van der Waals surface area (Å²) in [5, 5.41) is 3.85. The lowest BCUT2D eigenvalue weighted by Gasteiger charge is -1.99. The number of hydrogen-bond donors (Lipinski definition) is 0. The maximum atomic E-state index is 11.1. The molecule has 0 amide bonds. The van der Waals surface area contributed by atoms with E-state index in [-0.39, 0.29) is 11.7 Å². The number of carbonyl (C=O) groups is 1. The smallest absolute Gasteiger partial charge is 0.236 e. The van der Waals surface area contributed by atoms with Gasteiger partial charge in [0.15, 0.2) is 5.82 Å². The second-order valence-corrected chi connectivity index (χ2v) is 4.31. The highest BCUT2D eigenvalue weighted by Gasteiger charge is 2.18. The SMILES string of the molecule is CC(=O)C(C)c1nc(CCC(C)C)no1. The molecule has 15 heavy (non-hydrogen) atoms. The molecule has 1 atom stereocenters. The number of aromatic nitrogens is 2. The fraction of sp³-hybridized carbons (Fsp3) is 0.727. The van der Waals surface area contributed by atoms with Gasteiger partial charge in [0, 0.05) is 6.42 Å². The highest BCUT2D eigenvalue weighted by molar-refractivity contribution is 5.81. The first-order valence-corrected chi connectivity index (χ1v) is 5.33. The molecular weight excluding hydrogens is 192 g/mol. The van der Waals surface area contributed by atoms with Crippen LogP contribution in [-0.4, -0.2) is 15.9 Å². The van der Waals surface area contributed by atoms with Crippen molar-refractivity contribution < 1.29 is 9.32 Å². The van der Waals surface area contributed by atoms with E-state index in [1.165, 1.54) is 6.92 Å². The summed E-state index contributed by atoms with van der Waals surface area (Å²) in [6.45, 7) is 7.61. The third kappa shape index (κ3) is 3.46. The van der Waals surface area contributed by atoms with Crippen molar-refractivity contribution in [2.75, 3.05) is 0 Å². The first-order chi connectivity index (χ1) is 7.00. The molecule has 0 N–H and O–H groups in total. The van der Waals surface area contributed by atoms with Gasteiger partial charge < -0.3 is 4.52 Å². The molecular formula is C11H18N2O2. The lowest BCUT2D eigenvalue weighted by molar-refractivity contribution is -0.118. The third-order valence-electron chi connectivity index (χ3n) is 2.41. The molecule has 0 fully saturated rings. The second-order valence-electron chi connectivity index (χ2n) is 4.31. The van der Waals surface area contributed by atoms with Gasteiger partial charge >= 0.3 is 0 Å². The summed E-state index contributed by atoms with van der Waals surface area (Å²) in [7, 11) is 0. The fourth-order valence-electron chi connectivity index (χ4n) is 1.14. The van der Waals surface area contributed by atoms with Crippen molar-refractivity contribution in [2.24, 2.45) is 5.92 Å². The summed E-state index contributed by atoms with van der Waals surface area (Å²) in [5.41, 5.74) is 0. The summed E-state index contributed by atoms with van der Waals surface area (Å²) < 4.78 is 5.04. The monoisotopic (exact) mass is 210 g/mol. The lowest BCUT2D eigenvalue weighted by atomic mass is 10.1. The Morgan fingerprint density at radius 1 is 1.40 bits per heavy atom. The minimum atomic E-state index is -0.287. The Bertz CT molecular complexity index is 331. The van der Waals surface area contributed by atoms with Gasteiger partial charge in [0.25, 0.3) is 0 Å². The van der Waals surface area contributed by atoms with Crippen molar-refractivity contribution >= 4 is 5.78 Å². The zero-order valence-electron chi connectivity index (χ0n) is 9.78. The molecule has 0 aliphatic carbocycles. The molecule has 0 saturated heterocycles. The molecule has 0 aromatic carbocycles. The summed E-state index contributed by atoms with van der Waals surface area (Å²) in [6, 6.07) is 0. The molecule has 0 aliphatic rings. The first kappa shape index (κ1) is 11.9. The van der Waals surface area contributed by atoms with Crippen molar-refractivity contribution in [3.05, 3.63) is 11.7 Å². The number of carbonyl (C=O) groups excluding carboxylic acids is 1. The van der Waals surface area contributed by atoms with Crippen LogP contribution < -0.4 is 0 Å². The van der Waals surface area contributed by atoms with Crippen molar-refractivity contribution in [1.82, 2.24) is 10.1 Å². The Kier molecular flexibility index (Phi) is 4.00. The maximum absolute atomic E-state index is 11.1. The Labute approximate surface area is 90.1 Å². The number of Topliss-reactive ketones (excluding diaryl/α,β-unsaturated/α-hetero) is 1. The van der Waals surface area contributed by atoms with Crippen LogP contribution in [0, 0.1) is 5.92 Å². The van der Waals surface area contributed by atoms with E-state index >= 15 is 0 Å². The molecule has 1 aromatic rings. The van der Waals surface area contributed by atoms with Crippen molar-refractivity contribution in [3.8, 4) is 0 Å². The van der Waals surface area contributed by atoms with E-state index < -0.39 is 0 Å². The average molecular weight is 210 g/mol. The first-order valence-electron chi connectivity index (χ1n) is 5.33. The maximum Gasteiger partial charge on any atom is 0.236 e. The number of nitrogens with zero attached hydrogens (tertiary/aromatic N) is 2. The molecule has 1 rings (SSSR count). The summed E-state index contributed by atoms with van der Waals surface area (Å²) in [6.07, 6.45) is 1.85.